The van der Waals surface area contributed by atoms with Gasteiger partial charge in [0, 0.05) is 32.2 Å². The normalized spacial score (nSPS) is 10.7. The number of aliphatic imine (C=N–C) groups is 1. The molecule has 0 heterocycles. The summed E-state index contributed by atoms with van der Waals surface area (Å²) in [4.78, 5) is 16.2. The summed E-state index contributed by atoms with van der Waals surface area (Å²) in [6.07, 6.45) is 0.938. The van der Waals surface area contributed by atoms with E-state index >= 15 is 0 Å². The number of aryl methyl sites for hydroxylation is 2. The second-order valence-electron chi connectivity index (χ2n) is 6.29. The topological polar surface area (TPSA) is 65.5 Å². The zero-order valence-corrected chi connectivity index (χ0v) is 18.5. The minimum absolute atomic E-state index is 0. The van der Waals surface area contributed by atoms with Crippen molar-refractivity contribution in [3.63, 3.8) is 0 Å². The maximum absolute atomic E-state index is 12.0. The molecule has 0 radical (unpaired) electrons. The number of carbonyl (C=O) groups excluding carboxylic acids is 1. The lowest BCUT2D eigenvalue weighted by atomic mass is 10.1. The van der Waals surface area contributed by atoms with Crippen LogP contribution in [0.1, 0.15) is 27.0 Å². The number of hydrogen-bond donors (Lipinski definition) is 3. The van der Waals surface area contributed by atoms with Crippen molar-refractivity contribution in [2.75, 3.05) is 26.7 Å². The van der Waals surface area contributed by atoms with Gasteiger partial charge in [-0.15, -0.1) is 24.0 Å². The van der Waals surface area contributed by atoms with E-state index in [9.17, 15) is 4.79 Å². The SMILES string of the molecule is CN=C(NCCNC(=O)c1ccccc1)NCCc1cc(C)cc(C)c1.I. The number of halogens is 1. The number of hydrogen-bond acceptors (Lipinski definition) is 2. The average molecular weight is 480 g/mol. The molecule has 0 spiro atoms. The fourth-order valence-electron chi connectivity index (χ4n) is 2.81. The van der Waals surface area contributed by atoms with Gasteiger partial charge in [-0.2, -0.15) is 0 Å². The van der Waals surface area contributed by atoms with Crippen LogP contribution in [0.15, 0.2) is 53.5 Å². The smallest absolute Gasteiger partial charge is 0.251 e. The Bertz CT molecular complexity index is 727. The second-order valence-corrected chi connectivity index (χ2v) is 6.29. The molecule has 3 N–H and O–H groups in total. The van der Waals surface area contributed by atoms with Gasteiger partial charge < -0.3 is 16.0 Å². The summed E-state index contributed by atoms with van der Waals surface area (Å²) < 4.78 is 0. The van der Waals surface area contributed by atoms with Crippen molar-refractivity contribution < 1.29 is 4.79 Å². The zero-order valence-electron chi connectivity index (χ0n) is 16.2. The van der Waals surface area contributed by atoms with Crippen molar-refractivity contribution in [2.45, 2.75) is 20.3 Å². The highest BCUT2D eigenvalue weighted by Gasteiger charge is 2.03. The van der Waals surface area contributed by atoms with Crippen LogP contribution in [0, 0.1) is 13.8 Å². The lowest BCUT2D eigenvalue weighted by Gasteiger charge is -2.13. The van der Waals surface area contributed by atoms with Crippen LogP contribution in [-0.2, 0) is 6.42 Å². The standard InChI is InChI=1S/C21H28N4O.HI/c1-16-13-17(2)15-18(14-16)9-10-24-21(22-3)25-12-11-23-20(26)19-7-5-4-6-8-19;/h4-8,13-15H,9-12H2,1-3H3,(H,23,26)(H2,22,24,25);1H. The van der Waals surface area contributed by atoms with Crippen LogP contribution >= 0.6 is 24.0 Å². The first-order valence-corrected chi connectivity index (χ1v) is 8.93. The quantitative estimate of drug-likeness (QED) is 0.247. The lowest BCUT2D eigenvalue weighted by Crippen LogP contribution is -2.42. The van der Waals surface area contributed by atoms with Crippen molar-refractivity contribution in [3.8, 4) is 0 Å². The van der Waals surface area contributed by atoms with Gasteiger partial charge in [-0.1, -0.05) is 47.5 Å². The number of benzene rings is 2. The highest BCUT2D eigenvalue weighted by molar-refractivity contribution is 14.0. The van der Waals surface area contributed by atoms with E-state index in [4.69, 9.17) is 0 Å². The molecule has 0 fully saturated rings. The first kappa shape index (κ1) is 23.0. The number of nitrogens with one attached hydrogen (secondary N) is 3. The van der Waals surface area contributed by atoms with Crippen molar-refractivity contribution >= 4 is 35.8 Å². The molecule has 0 saturated carbocycles. The summed E-state index contributed by atoms with van der Waals surface area (Å²) in [6, 6.07) is 15.8. The molecule has 0 saturated heterocycles. The third-order valence-corrected chi connectivity index (χ3v) is 3.95. The van der Waals surface area contributed by atoms with Gasteiger partial charge in [0.25, 0.3) is 5.91 Å². The molecular weight excluding hydrogens is 451 g/mol. The molecule has 146 valence electrons. The van der Waals surface area contributed by atoms with E-state index in [1.165, 1.54) is 16.7 Å². The van der Waals surface area contributed by atoms with Crippen LogP contribution in [0.4, 0.5) is 0 Å². The van der Waals surface area contributed by atoms with E-state index in [-0.39, 0.29) is 29.9 Å². The summed E-state index contributed by atoms with van der Waals surface area (Å²) in [5.41, 5.74) is 4.57. The van der Waals surface area contributed by atoms with E-state index in [1.54, 1.807) is 19.2 Å². The Kier molecular flexibility index (Phi) is 10.5. The van der Waals surface area contributed by atoms with Gasteiger partial charge >= 0.3 is 0 Å². The predicted molar refractivity (Wildman–Crippen MR) is 123 cm³/mol. The Morgan fingerprint density at radius 1 is 0.889 bits per heavy atom. The summed E-state index contributed by atoms with van der Waals surface area (Å²) in [7, 11) is 1.74. The van der Waals surface area contributed by atoms with Gasteiger partial charge in [0.1, 0.15) is 0 Å². The van der Waals surface area contributed by atoms with Gasteiger partial charge in [-0.25, -0.2) is 0 Å². The van der Waals surface area contributed by atoms with E-state index in [1.807, 2.05) is 18.2 Å². The summed E-state index contributed by atoms with van der Waals surface area (Å²) in [6.45, 7) is 6.19. The largest absolute Gasteiger partial charge is 0.356 e. The molecule has 0 aliphatic carbocycles. The number of guanidine groups is 1. The van der Waals surface area contributed by atoms with Crippen molar-refractivity contribution in [1.82, 2.24) is 16.0 Å². The molecule has 27 heavy (non-hydrogen) atoms. The Morgan fingerprint density at radius 2 is 1.48 bits per heavy atom. The average Bonchev–Trinajstić information content (AvgIpc) is 2.63. The molecule has 0 unspecified atom stereocenters. The maximum atomic E-state index is 12.0. The molecule has 0 aromatic heterocycles. The number of rotatable bonds is 7. The predicted octanol–water partition coefficient (Wildman–Crippen LogP) is 3.06. The minimum atomic E-state index is -0.0647. The van der Waals surface area contributed by atoms with Gasteiger partial charge in [-0.05, 0) is 38.0 Å². The van der Waals surface area contributed by atoms with E-state index in [2.05, 4.69) is 53.0 Å². The Morgan fingerprint density at radius 3 is 2.11 bits per heavy atom. The molecule has 1 amide bonds. The molecular formula is C21H29IN4O. The number of amides is 1. The van der Waals surface area contributed by atoms with Crippen molar-refractivity contribution in [2.24, 2.45) is 4.99 Å². The molecule has 0 bridgehead atoms. The lowest BCUT2D eigenvalue weighted by molar-refractivity contribution is 0.0954. The molecule has 0 atom stereocenters. The number of carbonyl (C=O) groups is 1. The van der Waals surface area contributed by atoms with Crippen molar-refractivity contribution in [3.05, 3.63) is 70.8 Å². The highest BCUT2D eigenvalue weighted by atomic mass is 127. The molecule has 2 aromatic carbocycles. The van der Waals surface area contributed by atoms with E-state index in [0.717, 1.165) is 18.9 Å². The van der Waals surface area contributed by atoms with Crippen LogP contribution in [0.5, 0.6) is 0 Å². The first-order valence-electron chi connectivity index (χ1n) is 8.93. The molecule has 2 aromatic rings. The van der Waals surface area contributed by atoms with Crippen LogP contribution in [0.25, 0.3) is 0 Å². The van der Waals surface area contributed by atoms with Gasteiger partial charge in [0.05, 0.1) is 0 Å². The summed E-state index contributed by atoms with van der Waals surface area (Å²) in [5.74, 6) is 0.675. The van der Waals surface area contributed by atoms with E-state index < -0.39 is 0 Å². The molecule has 2 rings (SSSR count). The second kappa shape index (κ2) is 12.3. The van der Waals surface area contributed by atoms with E-state index in [0.29, 0.717) is 18.7 Å². The van der Waals surface area contributed by atoms with Crippen LogP contribution < -0.4 is 16.0 Å². The molecule has 5 nitrogen and oxygen atoms in total. The molecule has 6 heteroatoms. The monoisotopic (exact) mass is 480 g/mol. The Balaban J connectivity index is 0.00000364. The van der Waals surface area contributed by atoms with Crippen LogP contribution in [0.3, 0.4) is 0 Å². The fourth-order valence-corrected chi connectivity index (χ4v) is 2.81. The summed E-state index contributed by atoms with van der Waals surface area (Å²) in [5, 5.41) is 9.40. The zero-order chi connectivity index (χ0) is 18.8. The Hall–Kier alpha value is -2.09. The highest BCUT2D eigenvalue weighted by Crippen LogP contribution is 2.08. The molecule has 0 aliphatic rings. The third kappa shape index (κ3) is 8.43. The number of nitrogens with zero attached hydrogens (tertiary/aromatic N) is 1. The first-order chi connectivity index (χ1) is 12.6. The van der Waals surface area contributed by atoms with Crippen molar-refractivity contribution in [1.29, 1.82) is 0 Å². The van der Waals surface area contributed by atoms with Gasteiger partial charge in [0.2, 0.25) is 0 Å². The van der Waals surface area contributed by atoms with Gasteiger partial charge in [0.15, 0.2) is 5.96 Å². The summed E-state index contributed by atoms with van der Waals surface area (Å²) >= 11 is 0. The maximum Gasteiger partial charge on any atom is 0.251 e. The minimum Gasteiger partial charge on any atom is -0.356 e. The Labute approximate surface area is 179 Å². The van der Waals surface area contributed by atoms with Crippen LogP contribution in [0.2, 0.25) is 0 Å². The fraction of sp³-hybridized carbons (Fsp3) is 0.333. The third-order valence-electron chi connectivity index (χ3n) is 3.95. The van der Waals surface area contributed by atoms with Gasteiger partial charge in [-0.3, -0.25) is 9.79 Å². The molecule has 0 aliphatic heterocycles. The van der Waals surface area contributed by atoms with Crippen LogP contribution in [-0.4, -0.2) is 38.5 Å².